The van der Waals surface area contributed by atoms with Crippen molar-refractivity contribution in [1.29, 1.82) is 0 Å². The summed E-state index contributed by atoms with van der Waals surface area (Å²) in [5.74, 6) is -0.299. The predicted molar refractivity (Wildman–Crippen MR) is 78.6 cm³/mol. The second-order valence-electron chi connectivity index (χ2n) is 5.08. The topological polar surface area (TPSA) is 60.2 Å². The van der Waals surface area contributed by atoms with Gasteiger partial charge in [-0.2, -0.15) is 4.98 Å². The van der Waals surface area contributed by atoms with Crippen LogP contribution >= 0.6 is 0 Å². The van der Waals surface area contributed by atoms with Crippen molar-refractivity contribution in [1.82, 2.24) is 4.98 Å². The third-order valence-electron chi connectivity index (χ3n) is 2.58. The molecule has 0 saturated carbocycles. The lowest BCUT2D eigenvalue weighted by molar-refractivity contribution is 0.263. The molecule has 0 atom stereocenters. The molecule has 0 amide bonds. The van der Waals surface area contributed by atoms with Crippen LogP contribution in [0.15, 0.2) is 30.3 Å². The zero-order chi connectivity index (χ0) is 15.4. The zero-order valence-electron chi connectivity index (χ0n) is 11.9. The lowest BCUT2D eigenvalue weighted by atomic mass is 10.2. The standard InChI is InChI=1S/C15H17F2N3O/c1-9(2)8-21-15-13(18)3-4-14(20-15)19-12-6-10(16)5-11(17)7-12/h3-7,9H,8,18H2,1-2H3,(H,19,20). The number of hydrogen-bond acceptors (Lipinski definition) is 4. The SMILES string of the molecule is CC(C)COc1nc(Nc2cc(F)cc(F)c2)ccc1N. The van der Waals surface area contributed by atoms with E-state index in [1.54, 1.807) is 12.1 Å². The van der Waals surface area contributed by atoms with Crippen molar-refractivity contribution in [3.63, 3.8) is 0 Å². The largest absolute Gasteiger partial charge is 0.476 e. The van der Waals surface area contributed by atoms with Crippen molar-refractivity contribution in [3.05, 3.63) is 42.0 Å². The number of nitrogens with two attached hydrogens (primary N) is 1. The summed E-state index contributed by atoms with van der Waals surface area (Å²) in [6.45, 7) is 4.50. The quantitative estimate of drug-likeness (QED) is 0.882. The van der Waals surface area contributed by atoms with Gasteiger partial charge < -0.3 is 15.8 Å². The molecule has 0 aliphatic carbocycles. The van der Waals surface area contributed by atoms with E-state index < -0.39 is 11.6 Å². The van der Waals surface area contributed by atoms with E-state index in [0.717, 1.165) is 6.07 Å². The van der Waals surface area contributed by atoms with E-state index >= 15 is 0 Å². The Morgan fingerprint density at radius 2 is 1.86 bits per heavy atom. The van der Waals surface area contributed by atoms with Gasteiger partial charge in [-0.15, -0.1) is 0 Å². The molecule has 0 bridgehead atoms. The summed E-state index contributed by atoms with van der Waals surface area (Å²) in [6.07, 6.45) is 0. The van der Waals surface area contributed by atoms with Gasteiger partial charge in [-0.3, -0.25) is 0 Å². The van der Waals surface area contributed by atoms with Crippen molar-refractivity contribution in [3.8, 4) is 5.88 Å². The lowest BCUT2D eigenvalue weighted by Crippen LogP contribution is -2.08. The first-order valence-corrected chi connectivity index (χ1v) is 6.56. The van der Waals surface area contributed by atoms with E-state index in [-0.39, 0.29) is 5.69 Å². The van der Waals surface area contributed by atoms with E-state index in [9.17, 15) is 8.78 Å². The Morgan fingerprint density at radius 1 is 1.19 bits per heavy atom. The molecule has 21 heavy (non-hydrogen) atoms. The van der Waals surface area contributed by atoms with Crippen LogP contribution in [0, 0.1) is 17.6 Å². The van der Waals surface area contributed by atoms with Crippen molar-refractivity contribution >= 4 is 17.2 Å². The molecule has 6 heteroatoms. The van der Waals surface area contributed by atoms with Crippen LogP contribution in [0.3, 0.4) is 0 Å². The van der Waals surface area contributed by atoms with Crippen molar-refractivity contribution in [2.24, 2.45) is 5.92 Å². The smallest absolute Gasteiger partial charge is 0.239 e. The van der Waals surface area contributed by atoms with Crippen LogP contribution in [0.5, 0.6) is 5.88 Å². The van der Waals surface area contributed by atoms with E-state index in [1.807, 2.05) is 13.8 Å². The molecule has 2 aromatic rings. The molecule has 4 nitrogen and oxygen atoms in total. The third-order valence-corrected chi connectivity index (χ3v) is 2.58. The minimum Gasteiger partial charge on any atom is -0.476 e. The first-order chi connectivity index (χ1) is 9.94. The van der Waals surface area contributed by atoms with Gasteiger partial charge in [-0.05, 0) is 30.2 Å². The Bertz CT molecular complexity index is 612. The molecule has 2 rings (SSSR count). The maximum atomic E-state index is 13.1. The minimum atomic E-state index is -0.663. The second kappa shape index (κ2) is 6.39. The van der Waals surface area contributed by atoms with Crippen LogP contribution in [0.2, 0.25) is 0 Å². The first-order valence-electron chi connectivity index (χ1n) is 6.56. The van der Waals surface area contributed by atoms with Crippen LogP contribution in [0.25, 0.3) is 0 Å². The normalized spacial score (nSPS) is 10.7. The Morgan fingerprint density at radius 3 is 2.48 bits per heavy atom. The van der Waals surface area contributed by atoms with Crippen LogP contribution in [-0.2, 0) is 0 Å². The molecule has 0 radical (unpaired) electrons. The molecule has 0 spiro atoms. The number of rotatable bonds is 5. The van der Waals surface area contributed by atoms with Crippen molar-refractivity contribution in [2.75, 3.05) is 17.7 Å². The van der Waals surface area contributed by atoms with Gasteiger partial charge in [0, 0.05) is 11.8 Å². The minimum absolute atomic E-state index is 0.264. The predicted octanol–water partition coefficient (Wildman–Crippen LogP) is 3.72. The van der Waals surface area contributed by atoms with Gasteiger partial charge in [0.1, 0.15) is 17.5 Å². The summed E-state index contributed by atoms with van der Waals surface area (Å²) >= 11 is 0. The van der Waals surface area contributed by atoms with Crippen LogP contribution in [0.1, 0.15) is 13.8 Å². The summed E-state index contributed by atoms with van der Waals surface area (Å²) in [4.78, 5) is 4.20. The van der Waals surface area contributed by atoms with Crippen LogP contribution in [0.4, 0.5) is 26.0 Å². The molecule has 0 unspecified atom stereocenters. The molecule has 3 N–H and O–H groups in total. The summed E-state index contributed by atoms with van der Waals surface area (Å²) in [6, 6.07) is 6.39. The van der Waals surface area contributed by atoms with Crippen molar-refractivity contribution < 1.29 is 13.5 Å². The summed E-state index contributed by atoms with van der Waals surface area (Å²) in [7, 11) is 0. The number of halogens is 2. The second-order valence-corrected chi connectivity index (χ2v) is 5.08. The van der Waals surface area contributed by atoms with Gasteiger partial charge in [0.05, 0.1) is 12.3 Å². The highest BCUT2D eigenvalue weighted by atomic mass is 19.1. The van der Waals surface area contributed by atoms with Crippen LogP contribution < -0.4 is 15.8 Å². The van der Waals surface area contributed by atoms with Gasteiger partial charge in [0.25, 0.3) is 0 Å². The molecule has 1 heterocycles. The van der Waals surface area contributed by atoms with E-state index in [2.05, 4.69) is 10.3 Å². The number of anilines is 3. The molecule has 0 aliphatic rings. The Balaban J connectivity index is 2.18. The maximum absolute atomic E-state index is 13.1. The average Bonchev–Trinajstić information content (AvgIpc) is 2.38. The summed E-state index contributed by atoms with van der Waals surface area (Å²) in [5.41, 5.74) is 6.45. The molecule has 0 saturated heterocycles. The van der Waals surface area contributed by atoms with Crippen LogP contribution in [-0.4, -0.2) is 11.6 Å². The average molecular weight is 293 g/mol. The monoisotopic (exact) mass is 293 g/mol. The number of ether oxygens (including phenoxy) is 1. The van der Waals surface area contributed by atoms with E-state index in [1.165, 1.54) is 12.1 Å². The van der Waals surface area contributed by atoms with Crippen molar-refractivity contribution in [2.45, 2.75) is 13.8 Å². The molecular formula is C15H17F2N3O. The summed E-state index contributed by atoms with van der Waals surface area (Å²) in [5, 5.41) is 2.81. The van der Waals surface area contributed by atoms with Gasteiger partial charge >= 0.3 is 0 Å². The Hall–Kier alpha value is -2.37. The third kappa shape index (κ3) is 4.30. The lowest BCUT2D eigenvalue weighted by Gasteiger charge is -2.12. The molecule has 112 valence electrons. The molecule has 1 aromatic heterocycles. The first kappa shape index (κ1) is 15.0. The molecule has 1 aromatic carbocycles. The Labute approximate surface area is 122 Å². The molecule has 0 aliphatic heterocycles. The number of pyridine rings is 1. The van der Waals surface area contributed by atoms with Gasteiger partial charge in [-0.1, -0.05) is 13.8 Å². The highest BCUT2D eigenvalue weighted by Crippen LogP contribution is 2.24. The number of aromatic nitrogens is 1. The molecule has 0 fully saturated rings. The van der Waals surface area contributed by atoms with E-state index in [0.29, 0.717) is 29.9 Å². The highest BCUT2D eigenvalue weighted by Gasteiger charge is 2.07. The summed E-state index contributed by atoms with van der Waals surface area (Å²) < 4.78 is 31.8. The van der Waals surface area contributed by atoms with Gasteiger partial charge in [0.15, 0.2) is 0 Å². The fraction of sp³-hybridized carbons (Fsp3) is 0.267. The zero-order valence-corrected chi connectivity index (χ0v) is 11.9. The number of benzene rings is 1. The number of hydrogen-bond donors (Lipinski definition) is 2. The Kier molecular flexibility index (Phi) is 4.57. The van der Waals surface area contributed by atoms with Gasteiger partial charge in [0.2, 0.25) is 5.88 Å². The van der Waals surface area contributed by atoms with Gasteiger partial charge in [-0.25, -0.2) is 8.78 Å². The highest BCUT2D eigenvalue weighted by molar-refractivity contribution is 5.60. The number of nitrogens with one attached hydrogen (secondary N) is 1. The molecular weight excluding hydrogens is 276 g/mol. The fourth-order valence-electron chi connectivity index (χ4n) is 1.66. The number of nitrogens with zero attached hydrogens (tertiary/aromatic N) is 1. The van der Waals surface area contributed by atoms with E-state index in [4.69, 9.17) is 10.5 Å². The maximum Gasteiger partial charge on any atom is 0.239 e. The number of nitrogen functional groups attached to an aromatic ring is 1. The fourth-order valence-corrected chi connectivity index (χ4v) is 1.66.